The van der Waals surface area contributed by atoms with Crippen LogP contribution in [-0.2, 0) is 15.1 Å². The summed E-state index contributed by atoms with van der Waals surface area (Å²) in [5.74, 6) is -1.55. The molecule has 1 aliphatic rings. The van der Waals surface area contributed by atoms with Crippen molar-refractivity contribution < 1.29 is 24.2 Å². The molecule has 31 heavy (non-hydrogen) atoms. The van der Waals surface area contributed by atoms with Crippen LogP contribution in [0.5, 0.6) is 0 Å². The molecule has 4 amide bonds. The lowest BCUT2D eigenvalue weighted by atomic mass is 9.91. The molecule has 2 aromatic carbocycles. The minimum atomic E-state index is -1.60. The van der Waals surface area contributed by atoms with Gasteiger partial charge in [-0.15, -0.1) is 0 Å². The predicted octanol–water partition coefficient (Wildman–Crippen LogP) is 2.56. The number of hydrogen-bond donors (Lipinski definition) is 2. The number of nitro groups is 2. The van der Waals surface area contributed by atoms with Crippen LogP contribution < -0.4 is 10.6 Å². The molecule has 13 heteroatoms. The summed E-state index contributed by atoms with van der Waals surface area (Å²) < 4.78 is 0. The number of imide groups is 1. The number of non-ortho nitro benzene ring substituents is 2. The molecule has 1 heterocycles. The van der Waals surface area contributed by atoms with Crippen LogP contribution in [0.4, 0.5) is 21.9 Å². The van der Waals surface area contributed by atoms with E-state index in [4.69, 9.17) is 11.6 Å². The molecule has 1 unspecified atom stereocenters. The zero-order chi connectivity index (χ0) is 22.9. The number of urea groups is 1. The first-order valence-electron chi connectivity index (χ1n) is 8.66. The van der Waals surface area contributed by atoms with E-state index in [1.165, 1.54) is 37.3 Å². The Kier molecular flexibility index (Phi) is 5.58. The number of rotatable bonds is 6. The van der Waals surface area contributed by atoms with Gasteiger partial charge in [-0.25, -0.2) is 4.79 Å². The number of carbonyl (C=O) groups is 3. The second kappa shape index (κ2) is 7.99. The number of nitrogens with zero attached hydrogens (tertiary/aromatic N) is 3. The van der Waals surface area contributed by atoms with Gasteiger partial charge in [0.25, 0.3) is 17.3 Å². The Morgan fingerprint density at radius 2 is 1.77 bits per heavy atom. The maximum atomic E-state index is 12.9. The van der Waals surface area contributed by atoms with Gasteiger partial charge in [0.15, 0.2) is 0 Å². The van der Waals surface area contributed by atoms with Gasteiger partial charge in [-0.3, -0.25) is 34.7 Å². The summed E-state index contributed by atoms with van der Waals surface area (Å²) in [6, 6.07) is 7.78. The van der Waals surface area contributed by atoms with Crippen LogP contribution in [0.25, 0.3) is 0 Å². The molecule has 2 aromatic rings. The average molecular weight is 448 g/mol. The number of amides is 4. The van der Waals surface area contributed by atoms with E-state index in [-0.39, 0.29) is 27.6 Å². The molecule has 0 radical (unpaired) electrons. The molecule has 1 fully saturated rings. The van der Waals surface area contributed by atoms with Crippen LogP contribution in [-0.4, -0.2) is 39.1 Å². The summed E-state index contributed by atoms with van der Waals surface area (Å²) in [5, 5.41) is 26.5. The highest BCUT2D eigenvalue weighted by Gasteiger charge is 2.49. The molecule has 3 rings (SSSR count). The zero-order valence-corrected chi connectivity index (χ0v) is 16.6. The quantitative estimate of drug-likeness (QED) is 0.390. The van der Waals surface area contributed by atoms with Crippen molar-refractivity contribution in [3.05, 3.63) is 73.3 Å². The van der Waals surface area contributed by atoms with Gasteiger partial charge in [0.05, 0.1) is 20.6 Å². The normalized spacial score (nSPS) is 17.9. The summed E-state index contributed by atoms with van der Waals surface area (Å²) in [5.41, 5.74) is -1.89. The third-order valence-electron chi connectivity index (χ3n) is 4.65. The maximum Gasteiger partial charge on any atom is 0.325 e. The fourth-order valence-electron chi connectivity index (χ4n) is 3.02. The number of hydrogen-bond acceptors (Lipinski definition) is 7. The van der Waals surface area contributed by atoms with E-state index in [0.29, 0.717) is 4.90 Å². The Morgan fingerprint density at radius 1 is 1.13 bits per heavy atom. The Balaban J connectivity index is 1.77. The minimum Gasteiger partial charge on any atom is -0.323 e. The highest BCUT2D eigenvalue weighted by molar-refractivity contribution is 6.34. The van der Waals surface area contributed by atoms with Crippen molar-refractivity contribution in [3.8, 4) is 0 Å². The van der Waals surface area contributed by atoms with Crippen molar-refractivity contribution in [2.45, 2.75) is 12.5 Å². The molecule has 2 N–H and O–H groups in total. The van der Waals surface area contributed by atoms with E-state index in [0.717, 1.165) is 12.1 Å². The van der Waals surface area contributed by atoms with Gasteiger partial charge in [0.2, 0.25) is 5.91 Å². The number of nitro benzene ring substituents is 2. The monoisotopic (exact) mass is 447 g/mol. The van der Waals surface area contributed by atoms with Gasteiger partial charge in [0, 0.05) is 24.3 Å². The molecule has 0 aromatic heterocycles. The first-order valence-corrected chi connectivity index (χ1v) is 9.03. The van der Waals surface area contributed by atoms with Gasteiger partial charge in [0.1, 0.15) is 12.1 Å². The van der Waals surface area contributed by atoms with Gasteiger partial charge >= 0.3 is 6.03 Å². The second-order valence-electron chi connectivity index (χ2n) is 6.72. The fraction of sp³-hybridized carbons (Fsp3) is 0.167. The lowest BCUT2D eigenvalue weighted by Gasteiger charge is -2.22. The van der Waals surface area contributed by atoms with E-state index >= 15 is 0 Å². The Labute approximate surface area is 179 Å². The lowest BCUT2D eigenvalue weighted by Crippen LogP contribution is -2.42. The maximum absolute atomic E-state index is 12.9. The topological polar surface area (TPSA) is 165 Å². The minimum absolute atomic E-state index is 0.0609. The van der Waals surface area contributed by atoms with Gasteiger partial charge < -0.3 is 10.6 Å². The van der Waals surface area contributed by atoms with Crippen molar-refractivity contribution in [2.24, 2.45) is 0 Å². The van der Waals surface area contributed by atoms with E-state index < -0.39 is 39.8 Å². The number of nitrogens with one attached hydrogen (secondary N) is 2. The van der Waals surface area contributed by atoms with Crippen molar-refractivity contribution in [3.63, 3.8) is 0 Å². The van der Waals surface area contributed by atoms with Crippen LogP contribution in [0.1, 0.15) is 12.5 Å². The van der Waals surface area contributed by atoms with Crippen LogP contribution in [0.3, 0.4) is 0 Å². The average Bonchev–Trinajstić information content (AvgIpc) is 2.93. The molecule has 1 saturated heterocycles. The fourth-order valence-corrected chi connectivity index (χ4v) is 3.24. The zero-order valence-electron chi connectivity index (χ0n) is 15.8. The lowest BCUT2D eigenvalue weighted by molar-refractivity contribution is -0.385. The number of benzene rings is 2. The first-order chi connectivity index (χ1) is 14.5. The summed E-state index contributed by atoms with van der Waals surface area (Å²) in [6.07, 6.45) is 0. The standard InChI is InChI=1S/C18H14ClN5O7/c1-18(10-3-2-4-11(7-10)23(28)29)16(26)22(17(27)21-18)9-15(25)20-14-6-5-12(24(30)31)8-13(14)19/h2-8H,9H2,1H3,(H,20,25)(H,21,27). The molecule has 1 aliphatic heterocycles. The third kappa shape index (κ3) is 4.14. The number of carbonyl (C=O) groups excluding carboxylic acids is 3. The van der Waals surface area contributed by atoms with Gasteiger partial charge in [-0.2, -0.15) is 0 Å². The van der Waals surface area contributed by atoms with Crippen LogP contribution in [0, 0.1) is 20.2 Å². The summed E-state index contributed by atoms with van der Waals surface area (Å²) in [4.78, 5) is 58.7. The molecular weight excluding hydrogens is 434 g/mol. The van der Waals surface area contributed by atoms with Crippen LogP contribution in [0.2, 0.25) is 5.02 Å². The Morgan fingerprint density at radius 3 is 2.39 bits per heavy atom. The van der Waals surface area contributed by atoms with Crippen molar-refractivity contribution >= 4 is 46.5 Å². The molecule has 0 saturated carbocycles. The van der Waals surface area contributed by atoms with Gasteiger partial charge in [-0.05, 0) is 18.6 Å². The molecular formula is C18H14ClN5O7. The van der Waals surface area contributed by atoms with E-state index in [2.05, 4.69) is 10.6 Å². The third-order valence-corrected chi connectivity index (χ3v) is 4.96. The molecule has 0 spiro atoms. The first kappa shape index (κ1) is 21.6. The summed E-state index contributed by atoms with van der Waals surface area (Å²) in [6.45, 7) is 0.708. The van der Waals surface area contributed by atoms with E-state index in [9.17, 15) is 34.6 Å². The molecule has 0 bridgehead atoms. The van der Waals surface area contributed by atoms with Crippen LogP contribution in [0.15, 0.2) is 42.5 Å². The SMILES string of the molecule is CC1(c2cccc([N+](=O)[O-])c2)NC(=O)N(CC(=O)Nc2ccc([N+](=O)[O-])cc2Cl)C1=O. The molecule has 160 valence electrons. The highest BCUT2D eigenvalue weighted by Crippen LogP contribution is 2.31. The number of anilines is 1. The largest absolute Gasteiger partial charge is 0.325 e. The molecule has 12 nitrogen and oxygen atoms in total. The predicted molar refractivity (Wildman–Crippen MR) is 107 cm³/mol. The highest BCUT2D eigenvalue weighted by atomic mass is 35.5. The van der Waals surface area contributed by atoms with Crippen molar-refractivity contribution in [1.29, 1.82) is 0 Å². The Hall–Kier alpha value is -4.06. The number of halogens is 1. The molecule has 1 atom stereocenters. The summed E-state index contributed by atoms with van der Waals surface area (Å²) >= 11 is 5.92. The summed E-state index contributed by atoms with van der Waals surface area (Å²) in [7, 11) is 0. The van der Waals surface area contributed by atoms with Gasteiger partial charge in [-0.1, -0.05) is 23.7 Å². The van der Waals surface area contributed by atoms with Crippen molar-refractivity contribution in [2.75, 3.05) is 11.9 Å². The Bertz CT molecular complexity index is 1140. The van der Waals surface area contributed by atoms with Crippen molar-refractivity contribution in [1.82, 2.24) is 10.2 Å². The van der Waals surface area contributed by atoms with Crippen LogP contribution >= 0.6 is 11.6 Å². The smallest absolute Gasteiger partial charge is 0.323 e. The van der Waals surface area contributed by atoms with E-state index in [1.54, 1.807) is 0 Å². The van der Waals surface area contributed by atoms with E-state index in [1.807, 2.05) is 0 Å². The molecule has 0 aliphatic carbocycles. The second-order valence-corrected chi connectivity index (χ2v) is 7.13.